The Morgan fingerprint density at radius 1 is 0.543 bits per heavy atom. The smallest absolute Gasteiger partial charge is 0.246 e. The van der Waals surface area contributed by atoms with Crippen molar-refractivity contribution in [2.45, 2.75) is 241 Å². The third kappa shape index (κ3) is 32.1. The molecular formula is C76H131N13O14S2. The fourth-order valence-electron chi connectivity index (χ4n) is 12.1. The molecule has 7 N–H and O–H groups in total. The van der Waals surface area contributed by atoms with Gasteiger partial charge in [-0.3, -0.25) is 62.3 Å². The lowest BCUT2D eigenvalue weighted by Gasteiger charge is -2.41. The standard InChI is InChI=1S/C76H131N13O14S2/c1-25-55(73(100)83(18)44-64(93)84(19)56(68(77)95)39-45(2)3)82-70(97)66(67(94)51(14)31-27-26-28-32-61(91)78-36-37-79-62(92)34-38-104-105-63-33-29-30-35-80-63)89(24)76(103)65(50(12)13)88(23)75(102)59(42-48(8)9)87(22)74(101)58(41-47(6)7)86(21)71(98)52(15)43-60(90)54(17)81-69(96)57(40-46(4)5)85(20)72(99)53(16)49(10)11/h26-27,29-30,33,35,45-59,65-67,94H,25,28,31-32,34,36-44H2,1-24H3,(H2,77,95)(H,78,91)(H,79,92)(H,81,96)(H,82,97)/b27-26+/t51-,52+,53?,54+,55+,56+,57+,58+,59+,65+,66+,67-/m1/s1. The molecule has 1 rings (SSSR count). The minimum atomic E-state index is -1.71. The van der Waals surface area contributed by atoms with Crippen LogP contribution in [0.15, 0.2) is 41.6 Å². The Hall–Kier alpha value is -7.14. The minimum Gasteiger partial charge on any atom is -0.390 e. The second-order valence-electron chi connectivity index (χ2n) is 30.6. The Morgan fingerprint density at radius 2 is 1.04 bits per heavy atom. The largest absolute Gasteiger partial charge is 0.390 e. The highest BCUT2D eigenvalue weighted by atomic mass is 33.1. The zero-order valence-electron chi connectivity index (χ0n) is 67.5. The lowest BCUT2D eigenvalue weighted by atomic mass is 9.91. The summed E-state index contributed by atoms with van der Waals surface area (Å²) < 4.78 is 0. The molecule has 105 heavy (non-hydrogen) atoms. The van der Waals surface area contributed by atoms with Gasteiger partial charge in [-0.1, -0.05) is 140 Å². The first-order valence-corrected chi connectivity index (χ1v) is 39.5. The van der Waals surface area contributed by atoms with Crippen LogP contribution in [0.25, 0.3) is 0 Å². The number of allylic oxidation sites excluding steroid dienone is 2. The van der Waals surface area contributed by atoms with E-state index in [1.165, 1.54) is 95.3 Å². The molecule has 12 atom stereocenters. The average molecular weight is 1520 g/mol. The molecule has 0 saturated heterocycles. The number of nitrogens with one attached hydrogen (secondary N) is 4. The van der Waals surface area contributed by atoms with Gasteiger partial charge in [0.2, 0.25) is 70.9 Å². The van der Waals surface area contributed by atoms with E-state index in [-0.39, 0.29) is 111 Å². The van der Waals surface area contributed by atoms with Crippen molar-refractivity contribution in [3.05, 3.63) is 36.5 Å². The van der Waals surface area contributed by atoms with Crippen molar-refractivity contribution in [2.24, 2.45) is 59.0 Å². The maximum absolute atomic E-state index is 15.4. The average Bonchev–Trinajstić information content (AvgIpc) is 0.801. The Balaban J connectivity index is 3.65. The normalized spacial score (nSPS) is 15.1. The number of aliphatic hydroxyl groups is 1. The van der Waals surface area contributed by atoms with E-state index in [4.69, 9.17) is 5.73 Å². The molecule has 29 heteroatoms. The van der Waals surface area contributed by atoms with Gasteiger partial charge >= 0.3 is 0 Å². The fraction of sp³-hybridized carbons (Fsp3) is 0.737. The summed E-state index contributed by atoms with van der Waals surface area (Å²) in [6.07, 6.45) is 5.02. The van der Waals surface area contributed by atoms with Gasteiger partial charge in [0.25, 0.3) is 0 Å². The lowest BCUT2D eigenvalue weighted by molar-refractivity contribution is -0.157. The van der Waals surface area contributed by atoms with Crippen LogP contribution in [0.5, 0.6) is 0 Å². The number of pyridine rings is 1. The molecule has 0 fully saturated rings. The topological polar surface area (TPSA) is 352 Å². The maximum atomic E-state index is 15.4. The van der Waals surface area contributed by atoms with Crippen LogP contribution in [0, 0.1) is 53.3 Å². The number of hydrogen-bond donors (Lipinski definition) is 6. The van der Waals surface area contributed by atoms with Gasteiger partial charge in [-0.05, 0) is 116 Å². The SMILES string of the molecule is CC[C@H](NC(=O)[C@H]([C@H](O)[C@H](C)C/C=C/CCC(=O)NCCNC(=O)CCSSc1ccccn1)N(C)C(=O)[C@H](C(C)C)N(C)C(=O)[C@H](CC(C)C)N(C)C(=O)[C@H](CC(C)C)N(C)C(=O)[C@@H](C)CC(=O)[C@H](C)NC(=O)[C@H](CC(C)C)N(C)C(=O)C(C)C(C)C)C(=O)N(C)CC(=O)N(C)[C@@H](CC(C)C)C(N)=O. The number of Topliss-reactive ketones (excluding diaryl/α,β-unsaturated/α-hetero) is 1. The van der Waals surface area contributed by atoms with Gasteiger partial charge in [-0.2, -0.15) is 0 Å². The van der Waals surface area contributed by atoms with Crippen LogP contribution in [0.1, 0.15) is 182 Å². The number of likely N-dealkylation sites (N-methyl/N-ethyl adjacent to an activating group) is 7. The molecule has 0 spiro atoms. The Kier molecular flexibility index (Phi) is 43.4. The van der Waals surface area contributed by atoms with Crippen molar-refractivity contribution >= 4 is 98.3 Å². The fourth-order valence-corrected chi connectivity index (χ4v) is 13.9. The second-order valence-corrected chi connectivity index (χ2v) is 33.0. The van der Waals surface area contributed by atoms with Gasteiger partial charge in [0, 0.05) is 105 Å². The summed E-state index contributed by atoms with van der Waals surface area (Å²) in [7, 11) is 13.0. The van der Waals surface area contributed by atoms with Gasteiger partial charge in [0.05, 0.1) is 18.7 Å². The van der Waals surface area contributed by atoms with Crippen LogP contribution < -0.4 is 27.0 Å². The number of amides is 12. The van der Waals surface area contributed by atoms with Crippen molar-refractivity contribution < 1.29 is 67.4 Å². The zero-order chi connectivity index (χ0) is 80.6. The van der Waals surface area contributed by atoms with Crippen molar-refractivity contribution in [3.63, 3.8) is 0 Å². The molecule has 0 aliphatic carbocycles. The predicted octanol–water partition coefficient (Wildman–Crippen LogP) is 6.20. The number of ketones is 1. The molecule has 1 aromatic heterocycles. The minimum absolute atomic E-state index is 0.00117. The molecule has 27 nitrogen and oxygen atoms in total. The van der Waals surface area contributed by atoms with E-state index in [0.717, 1.165) is 14.8 Å². The first-order valence-electron chi connectivity index (χ1n) is 37.2. The van der Waals surface area contributed by atoms with Crippen molar-refractivity contribution in [1.82, 2.24) is 60.6 Å². The van der Waals surface area contributed by atoms with Crippen LogP contribution in [-0.4, -0.2) is 250 Å². The Bertz CT molecular complexity index is 3030. The molecule has 0 aromatic carbocycles. The molecule has 1 unspecified atom stereocenters. The van der Waals surface area contributed by atoms with Gasteiger partial charge in [-0.15, -0.1) is 0 Å². The molecule has 1 heterocycles. The van der Waals surface area contributed by atoms with Gasteiger partial charge in [0.15, 0.2) is 5.78 Å². The second kappa shape index (κ2) is 47.5. The van der Waals surface area contributed by atoms with Crippen LogP contribution in [0.4, 0.5) is 0 Å². The highest BCUT2D eigenvalue weighted by Gasteiger charge is 2.45. The third-order valence-corrected chi connectivity index (χ3v) is 21.3. The predicted molar refractivity (Wildman–Crippen MR) is 413 cm³/mol. The summed E-state index contributed by atoms with van der Waals surface area (Å²) >= 11 is 0. The number of hydrogen-bond acceptors (Lipinski definition) is 17. The van der Waals surface area contributed by atoms with Crippen molar-refractivity contribution in [1.29, 1.82) is 0 Å². The first kappa shape index (κ1) is 95.9. The van der Waals surface area contributed by atoms with E-state index in [2.05, 4.69) is 26.3 Å². The highest BCUT2D eigenvalue weighted by molar-refractivity contribution is 8.76. The Labute approximate surface area is 634 Å². The quantitative estimate of drug-likeness (QED) is 0.0240. The van der Waals surface area contributed by atoms with E-state index in [1.54, 1.807) is 60.0 Å². The highest BCUT2D eigenvalue weighted by Crippen LogP contribution is 2.30. The number of nitrogens with two attached hydrogens (primary N) is 1. The van der Waals surface area contributed by atoms with E-state index in [9.17, 15) is 48.3 Å². The summed E-state index contributed by atoms with van der Waals surface area (Å²) in [5.74, 6) is -9.41. The van der Waals surface area contributed by atoms with Crippen molar-refractivity contribution in [2.75, 3.05) is 74.7 Å². The Morgan fingerprint density at radius 3 is 1.53 bits per heavy atom. The number of nitrogens with zero attached hydrogens (tertiary/aromatic N) is 8. The molecule has 12 amide bonds. The summed E-state index contributed by atoms with van der Waals surface area (Å²) in [5.41, 5.74) is 5.67. The van der Waals surface area contributed by atoms with Gasteiger partial charge in [0.1, 0.15) is 47.3 Å². The molecule has 0 aliphatic rings. The van der Waals surface area contributed by atoms with Crippen LogP contribution in [0.2, 0.25) is 0 Å². The number of primary amides is 1. The van der Waals surface area contributed by atoms with E-state index < -0.39 is 138 Å². The molecule has 1 aromatic rings. The summed E-state index contributed by atoms with van der Waals surface area (Å²) in [4.78, 5) is 195. The summed E-state index contributed by atoms with van der Waals surface area (Å²) in [5, 5.41) is 24.4. The summed E-state index contributed by atoms with van der Waals surface area (Å²) in [6, 6.07) is -3.88. The molecular weight excluding hydrogens is 1380 g/mol. The van der Waals surface area contributed by atoms with Crippen LogP contribution in [-0.2, 0) is 62.3 Å². The summed E-state index contributed by atoms with van der Waals surface area (Å²) in [6.45, 7) is 30.5. The van der Waals surface area contributed by atoms with E-state index in [0.29, 0.717) is 25.0 Å². The number of aliphatic hydroxyl groups excluding tert-OH is 1. The first-order chi connectivity index (χ1) is 48.9. The lowest BCUT2D eigenvalue weighted by Crippen LogP contribution is -2.63. The zero-order valence-corrected chi connectivity index (χ0v) is 69.1. The monoisotopic (exact) mass is 1510 g/mol. The van der Waals surface area contributed by atoms with Gasteiger partial charge < -0.3 is 66.4 Å². The number of rotatable bonds is 48. The van der Waals surface area contributed by atoms with Crippen LogP contribution >= 0.6 is 21.6 Å². The molecule has 0 saturated carbocycles. The van der Waals surface area contributed by atoms with Gasteiger partial charge in [-0.25, -0.2) is 4.98 Å². The van der Waals surface area contributed by atoms with E-state index in [1.807, 2.05) is 94.4 Å². The third-order valence-electron chi connectivity index (χ3n) is 19.0. The molecule has 0 radical (unpaired) electrons. The molecule has 0 aliphatic heterocycles. The van der Waals surface area contributed by atoms with Crippen molar-refractivity contribution in [3.8, 4) is 0 Å². The molecule has 0 bridgehead atoms. The number of aromatic nitrogens is 1. The number of carbonyl (C=O) groups excluding carboxylic acids is 13. The van der Waals surface area contributed by atoms with E-state index >= 15 is 19.2 Å². The number of carbonyl (C=O) groups is 13. The molecule has 596 valence electrons. The van der Waals surface area contributed by atoms with Crippen LogP contribution in [0.3, 0.4) is 0 Å². The maximum Gasteiger partial charge on any atom is 0.246 e.